The molecule has 10 heteroatoms. The number of benzene rings is 1. The summed E-state index contributed by atoms with van der Waals surface area (Å²) in [6.07, 6.45) is 0. The van der Waals surface area contributed by atoms with E-state index >= 15 is 0 Å². The average Bonchev–Trinajstić information content (AvgIpc) is 3.21. The first kappa shape index (κ1) is 19.5. The van der Waals surface area contributed by atoms with Gasteiger partial charge in [-0.1, -0.05) is 18.2 Å². The van der Waals surface area contributed by atoms with Crippen molar-refractivity contribution in [1.82, 2.24) is 20.0 Å². The standard InChI is InChI=1S/C18H18N4O5S/c1-22(2)27-15(23)14-11(13-9-6-10-28-13)7-5-8-12(14)26-18-20-16(24-3)19-17(21-18)25-4/h5-10H,1-4H3. The van der Waals surface area contributed by atoms with E-state index in [2.05, 4.69) is 15.0 Å². The smallest absolute Gasteiger partial charge is 0.361 e. The van der Waals surface area contributed by atoms with E-state index in [-0.39, 0.29) is 29.3 Å². The van der Waals surface area contributed by atoms with Crippen molar-refractivity contribution in [2.24, 2.45) is 0 Å². The molecule has 1 aromatic carbocycles. The zero-order chi connectivity index (χ0) is 20.1. The van der Waals surface area contributed by atoms with E-state index in [1.165, 1.54) is 30.6 Å². The number of carbonyl (C=O) groups excluding carboxylic acids is 1. The number of aromatic nitrogens is 3. The molecule has 146 valence electrons. The van der Waals surface area contributed by atoms with Gasteiger partial charge in [-0.3, -0.25) is 0 Å². The van der Waals surface area contributed by atoms with Gasteiger partial charge in [-0.25, -0.2) is 4.79 Å². The molecule has 0 atom stereocenters. The van der Waals surface area contributed by atoms with Gasteiger partial charge in [0.15, 0.2) is 0 Å². The number of rotatable bonds is 7. The molecular formula is C18H18N4O5S. The number of hydrogen-bond acceptors (Lipinski definition) is 10. The summed E-state index contributed by atoms with van der Waals surface area (Å²) >= 11 is 1.50. The lowest BCUT2D eigenvalue weighted by molar-refractivity contribution is -0.0714. The normalized spacial score (nSPS) is 10.6. The van der Waals surface area contributed by atoms with Crippen molar-refractivity contribution in [2.75, 3.05) is 28.3 Å². The number of ether oxygens (including phenoxy) is 3. The van der Waals surface area contributed by atoms with Crippen molar-refractivity contribution in [2.45, 2.75) is 0 Å². The molecule has 0 aliphatic rings. The Morgan fingerprint density at radius 2 is 1.64 bits per heavy atom. The van der Waals surface area contributed by atoms with E-state index in [9.17, 15) is 4.79 Å². The average molecular weight is 402 g/mol. The zero-order valence-corrected chi connectivity index (χ0v) is 16.5. The fourth-order valence-corrected chi connectivity index (χ4v) is 3.08. The maximum Gasteiger partial charge on any atom is 0.361 e. The number of hydroxylamine groups is 2. The van der Waals surface area contributed by atoms with Gasteiger partial charge < -0.3 is 19.0 Å². The summed E-state index contributed by atoms with van der Waals surface area (Å²) < 4.78 is 15.9. The molecule has 9 nitrogen and oxygen atoms in total. The Hall–Kier alpha value is -3.24. The molecule has 3 aromatic rings. The Balaban J connectivity index is 2.08. The Morgan fingerprint density at radius 1 is 0.964 bits per heavy atom. The van der Waals surface area contributed by atoms with Crippen LogP contribution in [-0.2, 0) is 4.84 Å². The van der Waals surface area contributed by atoms with Crippen LogP contribution in [0.3, 0.4) is 0 Å². The van der Waals surface area contributed by atoms with Crippen LogP contribution in [0.1, 0.15) is 10.4 Å². The first-order valence-corrected chi connectivity index (χ1v) is 8.98. The fourth-order valence-electron chi connectivity index (χ4n) is 2.32. The lowest BCUT2D eigenvalue weighted by Crippen LogP contribution is -2.19. The van der Waals surface area contributed by atoms with Gasteiger partial charge in [0.2, 0.25) is 0 Å². The van der Waals surface area contributed by atoms with Crippen LogP contribution < -0.4 is 14.2 Å². The lowest BCUT2D eigenvalue weighted by atomic mass is 10.0. The second-order valence-electron chi connectivity index (χ2n) is 5.54. The van der Waals surface area contributed by atoms with Crippen LogP contribution in [0.25, 0.3) is 10.4 Å². The predicted octanol–water partition coefficient (Wildman–Crippen LogP) is 3.04. The first-order chi connectivity index (χ1) is 13.5. The minimum absolute atomic E-state index is 0.0219. The third kappa shape index (κ3) is 4.35. The van der Waals surface area contributed by atoms with Crippen LogP contribution in [0.4, 0.5) is 0 Å². The molecule has 2 heterocycles. The molecule has 0 saturated carbocycles. The maximum absolute atomic E-state index is 12.8. The molecule has 0 amide bonds. The first-order valence-electron chi connectivity index (χ1n) is 8.10. The third-order valence-corrected chi connectivity index (χ3v) is 4.33. The highest BCUT2D eigenvalue weighted by Gasteiger charge is 2.23. The summed E-state index contributed by atoms with van der Waals surface area (Å²) in [6, 6.07) is 8.99. The van der Waals surface area contributed by atoms with Crippen molar-refractivity contribution in [3.05, 3.63) is 41.3 Å². The van der Waals surface area contributed by atoms with Crippen molar-refractivity contribution < 1.29 is 23.8 Å². The van der Waals surface area contributed by atoms with Crippen LogP contribution in [-0.4, -0.2) is 54.3 Å². The Bertz CT molecular complexity index is 940. The van der Waals surface area contributed by atoms with E-state index in [0.717, 1.165) is 4.88 Å². The van der Waals surface area contributed by atoms with E-state index in [0.29, 0.717) is 5.56 Å². The molecule has 3 rings (SSSR count). The quantitative estimate of drug-likeness (QED) is 0.552. The Morgan fingerprint density at radius 3 is 2.21 bits per heavy atom. The monoisotopic (exact) mass is 402 g/mol. The number of hydrogen-bond donors (Lipinski definition) is 0. The Kier molecular flexibility index (Phi) is 6.02. The second kappa shape index (κ2) is 8.63. The highest BCUT2D eigenvalue weighted by molar-refractivity contribution is 7.13. The van der Waals surface area contributed by atoms with Crippen molar-refractivity contribution in [1.29, 1.82) is 0 Å². The summed E-state index contributed by atoms with van der Waals surface area (Å²) in [5, 5.41) is 3.23. The van der Waals surface area contributed by atoms with Crippen molar-refractivity contribution in [3.63, 3.8) is 0 Å². The van der Waals surface area contributed by atoms with E-state index in [4.69, 9.17) is 19.0 Å². The summed E-state index contributed by atoms with van der Waals surface area (Å²) in [5.74, 6) is -0.343. The zero-order valence-electron chi connectivity index (χ0n) is 15.7. The molecule has 0 radical (unpaired) electrons. The summed E-state index contributed by atoms with van der Waals surface area (Å²) in [6.45, 7) is 0. The van der Waals surface area contributed by atoms with Crippen LogP contribution in [0, 0.1) is 0 Å². The minimum Gasteiger partial charge on any atom is -0.467 e. The molecule has 0 unspecified atom stereocenters. The SMILES string of the molecule is COc1nc(OC)nc(Oc2cccc(-c3cccs3)c2C(=O)ON(C)C)n1. The van der Waals surface area contributed by atoms with E-state index < -0.39 is 5.97 Å². The molecular weight excluding hydrogens is 384 g/mol. The van der Waals surface area contributed by atoms with Crippen LogP contribution >= 0.6 is 11.3 Å². The van der Waals surface area contributed by atoms with Crippen LogP contribution in [0.2, 0.25) is 0 Å². The number of thiophene rings is 1. The summed E-state index contributed by atoms with van der Waals surface area (Å²) in [5.41, 5.74) is 0.921. The topological polar surface area (TPSA) is 95.9 Å². The van der Waals surface area contributed by atoms with Gasteiger partial charge in [0.05, 0.1) is 14.2 Å². The molecule has 28 heavy (non-hydrogen) atoms. The summed E-state index contributed by atoms with van der Waals surface area (Å²) in [4.78, 5) is 30.9. The highest BCUT2D eigenvalue weighted by Crippen LogP contribution is 2.36. The molecule has 0 fully saturated rings. The Labute approximate surface area is 165 Å². The van der Waals surface area contributed by atoms with E-state index in [1.54, 1.807) is 26.2 Å². The minimum atomic E-state index is -0.572. The van der Waals surface area contributed by atoms with Gasteiger partial charge in [0.25, 0.3) is 0 Å². The molecule has 0 spiro atoms. The van der Waals surface area contributed by atoms with Gasteiger partial charge in [0.1, 0.15) is 11.3 Å². The van der Waals surface area contributed by atoms with Gasteiger partial charge in [-0.15, -0.1) is 31.4 Å². The van der Waals surface area contributed by atoms with Crippen LogP contribution in [0.5, 0.6) is 23.8 Å². The maximum atomic E-state index is 12.8. The molecule has 2 aromatic heterocycles. The van der Waals surface area contributed by atoms with Gasteiger partial charge in [-0.2, -0.15) is 0 Å². The van der Waals surface area contributed by atoms with Crippen molar-refractivity contribution >= 4 is 17.3 Å². The van der Waals surface area contributed by atoms with Crippen molar-refractivity contribution in [3.8, 4) is 34.2 Å². The summed E-state index contributed by atoms with van der Waals surface area (Å²) in [7, 11) is 6.06. The van der Waals surface area contributed by atoms with Gasteiger partial charge >= 0.3 is 24.0 Å². The fraction of sp³-hybridized carbons (Fsp3) is 0.222. The molecule has 0 aliphatic heterocycles. The molecule has 0 aliphatic carbocycles. The van der Waals surface area contributed by atoms with Crippen LogP contribution in [0.15, 0.2) is 35.7 Å². The second-order valence-corrected chi connectivity index (χ2v) is 6.49. The predicted molar refractivity (Wildman–Crippen MR) is 102 cm³/mol. The molecule has 0 bridgehead atoms. The molecule has 0 N–H and O–H groups in total. The number of methoxy groups -OCH3 is 2. The highest BCUT2D eigenvalue weighted by atomic mass is 32.1. The van der Waals surface area contributed by atoms with Gasteiger partial charge in [-0.05, 0) is 17.5 Å². The molecule has 0 saturated heterocycles. The van der Waals surface area contributed by atoms with Gasteiger partial charge in [0, 0.05) is 24.5 Å². The number of nitrogens with zero attached hydrogens (tertiary/aromatic N) is 4. The van der Waals surface area contributed by atoms with E-state index in [1.807, 2.05) is 23.6 Å². The lowest BCUT2D eigenvalue weighted by Gasteiger charge is -2.15. The number of carbonyl (C=O) groups is 1. The largest absolute Gasteiger partial charge is 0.467 e. The third-order valence-electron chi connectivity index (χ3n) is 3.42.